The van der Waals surface area contributed by atoms with Crippen LogP contribution in [0.3, 0.4) is 0 Å². The minimum Gasteiger partial charge on any atom is -0.376 e. The zero-order chi connectivity index (χ0) is 16.8. The summed E-state index contributed by atoms with van der Waals surface area (Å²) < 4.78 is 5.60. The van der Waals surface area contributed by atoms with Crippen molar-refractivity contribution in [1.29, 1.82) is 0 Å². The molecule has 2 heterocycles. The molecule has 1 aromatic carbocycles. The van der Waals surface area contributed by atoms with E-state index in [1.54, 1.807) is 0 Å². The molecule has 3 rings (SSSR count). The first-order valence-corrected chi connectivity index (χ1v) is 9.22. The van der Waals surface area contributed by atoms with E-state index in [1.165, 1.54) is 11.1 Å². The molecule has 0 amide bonds. The summed E-state index contributed by atoms with van der Waals surface area (Å²) in [7, 11) is 0. The van der Waals surface area contributed by atoms with Gasteiger partial charge in [0.15, 0.2) is 5.96 Å². The molecular formula is C19H30N4O. The lowest BCUT2D eigenvalue weighted by molar-refractivity contribution is 0.114. The van der Waals surface area contributed by atoms with Crippen LogP contribution in [0.25, 0.3) is 0 Å². The second-order valence-electron chi connectivity index (χ2n) is 6.79. The molecule has 1 saturated heterocycles. The van der Waals surface area contributed by atoms with Gasteiger partial charge in [0.25, 0.3) is 0 Å². The molecule has 0 aliphatic carbocycles. The average Bonchev–Trinajstić information content (AvgIpc) is 3.14. The highest BCUT2D eigenvalue weighted by Gasteiger charge is 2.22. The van der Waals surface area contributed by atoms with Crippen molar-refractivity contribution in [2.75, 3.05) is 26.2 Å². The van der Waals surface area contributed by atoms with Gasteiger partial charge in [-0.3, -0.25) is 9.89 Å². The smallest absolute Gasteiger partial charge is 0.188 e. The van der Waals surface area contributed by atoms with Gasteiger partial charge < -0.3 is 15.8 Å². The van der Waals surface area contributed by atoms with Crippen LogP contribution in [0.15, 0.2) is 29.3 Å². The van der Waals surface area contributed by atoms with Crippen LogP contribution < -0.4 is 11.1 Å². The summed E-state index contributed by atoms with van der Waals surface area (Å²) >= 11 is 0. The Morgan fingerprint density at radius 1 is 1.42 bits per heavy atom. The Balaban J connectivity index is 1.50. The SMILES string of the molecule is CCC(CN=C(N)NCC1CCCO1)N1CCc2ccccc2C1. The monoisotopic (exact) mass is 330 g/mol. The fourth-order valence-corrected chi connectivity index (χ4v) is 3.62. The number of benzene rings is 1. The number of nitrogens with two attached hydrogens (primary N) is 1. The van der Waals surface area contributed by atoms with E-state index in [0.717, 1.165) is 58.5 Å². The average molecular weight is 330 g/mol. The van der Waals surface area contributed by atoms with Crippen LogP contribution >= 0.6 is 0 Å². The number of fused-ring (bicyclic) bond motifs is 1. The third-order valence-corrected chi connectivity index (χ3v) is 5.16. The molecule has 132 valence electrons. The summed E-state index contributed by atoms with van der Waals surface area (Å²) in [6, 6.07) is 9.21. The van der Waals surface area contributed by atoms with Gasteiger partial charge in [-0.25, -0.2) is 0 Å². The zero-order valence-electron chi connectivity index (χ0n) is 14.7. The number of guanidine groups is 1. The molecule has 0 bridgehead atoms. The largest absolute Gasteiger partial charge is 0.376 e. The van der Waals surface area contributed by atoms with Gasteiger partial charge in [0.05, 0.1) is 12.6 Å². The Morgan fingerprint density at radius 2 is 2.25 bits per heavy atom. The summed E-state index contributed by atoms with van der Waals surface area (Å²) in [5.74, 6) is 0.543. The molecule has 2 aliphatic rings. The second-order valence-corrected chi connectivity index (χ2v) is 6.79. The molecule has 5 heteroatoms. The van der Waals surface area contributed by atoms with Crippen LogP contribution in [-0.2, 0) is 17.7 Å². The maximum Gasteiger partial charge on any atom is 0.188 e. The van der Waals surface area contributed by atoms with E-state index >= 15 is 0 Å². The Bertz CT molecular complexity index is 554. The minimum absolute atomic E-state index is 0.291. The van der Waals surface area contributed by atoms with E-state index in [4.69, 9.17) is 10.5 Å². The van der Waals surface area contributed by atoms with Gasteiger partial charge in [0, 0.05) is 32.3 Å². The van der Waals surface area contributed by atoms with Gasteiger partial charge in [-0.15, -0.1) is 0 Å². The van der Waals surface area contributed by atoms with Gasteiger partial charge in [-0.2, -0.15) is 0 Å². The molecule has 2 aliphatic heterocycles. The highest BCUT2D eigenvalue weighted by molar-refractivity contribution is 5.77. The van der Waals surface area contributed by atoms with Gasteiger partial charge in [0.2, 0.25) is 0 Å². The molecule has 0 radical (unpaired) electrons. The molecular weight excluding hydrogens is 300 g/mol. The summed E-state index contributed by atoms with van der Waals surface area (Å²) in [4.78, 5) is 7.11. The zero-order valence-corrected chi connectivity index (χ0v) is 14.7. The van der Waals surface area contributed by atoms with Crippen molar-refractivity contribution in [1.82, 2.24) is 10.2 Å². The van der Waals surface area contributed by atoms with E-state index in [-0.39, 0.29) is 0 Å². The lowest BCUT2D eigenvalue weighted by Gasteiger charge is -2.34. The maximum atomic E-state index is 6.03. The van der Waals surface area contributed by atoms with E-state index < -0.39 is 0 Å². The van der Waals surface area contributed by atoms with Gasteiger partial charge in [-0.05, 0) is 36.8 Å². The van der Waals surface area contributed by atoms with Crippen LogP contribution in [-0.4, -0.2) is 49.2 Å². The minimum atomic E-state index is 0.291. The van der Waals surface area contributed by atoms with Crippen molar-refractivity contribution in [3.63, 3.8) is 0 Å². The van der Waals surface area contributed by atoms with Gasteiger partial charge in [-0.1, -0.05) is 31.2 Å². The van der Waals surface area contributed by atoms with Crippen molar-refractivity contribution >= 4 is 5.96 Å². The fraction of sp³-hybridized carbons (Fsp3) is 0.632. The third kappa shape index (κ3) is 4.48. The Labute approximate surface area is 145 Å². The summed E-state index contributed by atoms with van der Waals surface area (Å²) in [5, 5.41) is 3.21. The Hall–Kier alpha value is -1.59. The van der Waals surface area contributed by atoms with Crippen molar-refractivity contribution in [3.05, 3.63) is 35.4 Å². The number of aliphatic imine (C=N–C) groups is 1. The highest BCUT2D eigenvalue weighted by atomic mass is 16.5. The molecule has 24 heavy (non-hydrogen) atoms. The fourth-order valence-electron chi connectivity index (χ4n) is 3.62. The van der Waals surface area contributed by atoms with Crippen molar-refractivity contribution < 1.29 is 4.74 Å². The van der Waals surface area contributed by atoms with E-state index in [2.05, 4.69) is 46.4 Å². The molecule has 3 N–H and O–H groups in total. The number of hydrogen-bond donors (Lipinski definition) is 2. The Morgan fingerprint density at radius 3 is 3.00 bits per heavy atom. The number of nitrogens with one attached hydrogen (secondary N) is 1. The molecule has 0 aromatic heterocycles. The van der Waals surface area contributed by atoms with Crippen LogP contribution in [0.1, 0.15) is 37.3 Å². The quantitative estimate of drug-likeness (QED) is 0.618. The lowest BCUT2D eigenvalue weighted by Crippen LogP contribution is -2.42. The molecule has 1 fully saturated rings. The number of ether oxygens (including phenoxy) is 1. The Kier molecular flexibility index (Phi) is 6.10. The molecule has 0 saturated carbocycles. The maximum absolute atomic E-state index is 6.03. The predicted molar refractivity (Wildman–Crippen MR) is 98.1 cm³/mol. The molecule has 2 atom stereocenters. The molecule has 1 aromatic rings. The van der Waals surface area contributed by atoms with Crippen LogP contribution in [0, 0.1) is 0 Å². The second kappa shape index (κ2) is 8.49. The first-order chi connectivity index (χ1) is 11.8. The predicted octanol–water partition coefficient (Wildman–Crippen LogP) is 1.91. The summed E-state index contributed by atoms with van der Waals surface area (Å²) in [5.41, 5.74) is 8.97. The van der Waals surface area contributed by atoms with Crippen molar-refractivity contribution in [2.24, 2.45) is 10.7 Å². The van der Waals surface area contributed by atoms with Crippen LogP contribution in [0.2, 0.25) is 0 Å². The van der Waals surface area contributed by atoms with E-state index in [0.29, 0.717) is 18.1 Å². The summed E-state index contributed by atoms with van der Waals surface area (Å²) in [6.07, 6.45) is 4.77. The van der Waals surface area contributed by atoms with Crippen molar-refractivity contribution in [3.8, 4) is 0 Å². The lowest BCUT2D eigenvalue weighted by atomic mass is 9.98. The normalized spacial score (nSPS) is 23.0. The molecule has 5 nitrogen and oxygen atoms in total. The first-order valence-electron chi connectivity index (χ1n) is 9.22. The van der Waals surface area contributed by atoms with E-state index in [9.17, 15) is 0 Å². The summed E-state index contributed by atoms with van der Waals surface area (Å²) in [6.45, 7) is 6.75. The van der Waals surface area contributed by atoms with Gasteiger partial charge in [0.1, 0.15) is 0 Å². The topological polar surface area (TPSA) is 62.9 Å². The van der Waals surface area contributed by atoms with Crippen LogP contribution in [0.5, 0.6) is 0 Å². The number of rotatable bonds is 6. The highest BCUT2D eigenvalue weighted by Crippen LogP contribution is 2.21. The van der Waals surface area contributed by atoms with Crippen LogP contribution in [0.4, 0.5) is 0 Å². The standard InChI is InChI=1S/C19H30N4O/c1-2-17(12-21-19(20)22-13-18-8-5-11-24-18)23-10-9-15-6-3-4-7-16(15)14-23/h3-4,6-7,17-18H,2,5,8-14H2,1H3,(H3,20,21,22). The molecule has 0 spiro atoms. The third-order valence-electron chi connectivity index (χ3n) is 5.16. The van der Waals surface area contributed by atoms with Crippen molar-refractivity contribution in [2.45, 2.75) is 51.3 Å². The molecule has 2 unspecified atom stereocenters. The first kappa shape index (κ1) is 17.2. The van der Waals surface area contributed by atoms with E-state index in [1.807, 2.05) is 0 Å². The van der Waals surface area contributed by atoms with Gasteiger partial charge >= 0.3 is 0 Å². The number of nitrogens with zero attached hydrogens (tertiary/aromatic N) is 2. The number of hydrogen-bond acceptors (Lipinski definition) is 3.